The van der Waals surface area contributed by atoms with Crippen molar-refractivity contribution >= 4 is 10.9 Å². The van der Waals surface area contributed by atoms with E-state index in [4.69, 9.17) is 5.26 Å². The Kier molecular flexibility index (Phi) is 1.13. The first-order chi connectivity index (χ1) is 5.42. The van der Waals surface area contributed by atoms with Crippen LogP contribution in [-0.4, -0.2) is 9.97 Å². The number of H-pyrrole nitrogens is 1. The molecule has 0 aliphatic rings. The Morgan fingerprint density at radius 2 is 2.36 bits per heavy atom. The van der Waals surface area contributed by atoms with Crippen molar-refractivity contribution in [3.8, 4) is 6.07 Å². The Morgan fingerprint density at radius 1 is 1.45 bits per heavy atom. The highest BCUT2D eigenvalue weighted by Gasteiger charge is 1.99. The van der Waals surface area contributed by atoms with Gasteiger partial charge >= 0.3 is 0 Å². The molecule has 2 heterocycles. The van der Waals surface area contributed by atoms with E-state index >= 15 is 0 Å². The Balaban J connectivity index is 2.92. The van der Waals surface area contributed by atoms with Crippen LogP contribution in [0.5, 0.6) is 0 Å². The summed E-state index contributed by atoms with van der Waals surface area (Å²) in [5.74, 6) is 0. The lowest BCUT2D eigenvalue weighted by Crippen LogP contribution is -1.76. The van der Waals surface area contributed by atoms with Crippen molar-refractivity contribution in [2.45, 2.75) is 0 Å². The molecule has 52 valence electrons. The molecular formula is C8H5N3. The van der Waals surface area contributed by atoms with E-state index in [2.05, 4.69) is 16.0 Å². The van der Waals surface area contributed by atoms with E-state index in [-0.39, 0.29) is 0 Å². The van der Waals surface area contributed by atoms with Crippen molar-refractivity contribution in [2.24, 2.45) is 0 Å². The first-order valence-electron chi connectivity index (χ1n) is 3.23. The van der Waals surface area contributed by atoms with Gasteiger partial charge in [-0.1, -0.05) is 0 Å². The highest BCUT2D eigenvalue weighted by Crippen LogP contribution is 2.13. The molecule has 0 bridgehead atoms. The highest BCUT2D eigenvalue weighted by molar-refractivity contribution is 5.83. The number of aromatic nitrogens is 2. The standard InChI is InChI=1S/C8H5N3/c9-3-6-1-2-11-8-5-10-4-7(6)8/h1-2,4-5,10H. The average molecular weight is 143 g/mol. The van der Waals surface area contributed by atoms with Crippen molar-refractivity contribution in [3.05, 3.63) is 30.2 Å². The third kappa shape index (κ3) is 0.767. The molecule has 0 atom stereocenters. The molecule has 3 heteroatoms. The molecule has 0 fully saturated rings. The minimum atomic E-state index is 0.663. The van der Waals surface area contributed by atoms with E-state index in [1.807, 2.05) is 0 Å². The zero-order valence-corrected chi connectivity index (χ0v) is 5.70. The van der Waals surface area contributed by atoms with E-state index in [9.17, 15) is 0 Å². The molecule has 0 aliphatic carbocycles. The second-order valence-electron chi connectivity index (χ2n) is 2.22. The van der Waals surface area contributed by atoms with Gasteiger partial charge in [-0.2, -0.15) is 5.26 Å². The predicted molar refractivity (Wildman–Crippen MR) is 40.8 cm³/mol. The molecule has 3 nitrogen and oxygen atoms in total. The molecular weight excluding hydrogens is 138 g/mol. The Hall–Kier alpha value is -1.82. The van der Waals surface area contributed by atoms with Crippen molar-refractivity contribution in [1.29, 1.82) is 5.26 Å². The number of aromatic amines is 1. The van der Waals surface area contributed by atoms with E-state index in [0.29, 0.717) is 5.56 Å². The maximum absolute atomic E-state index is 8.66. The van der Waals surface area contributed by atoms with E-state index < -0.39 is 0 Å². The molecule has 0 aliphatic heterocycles. The van der Waals surface area contributed by atoms with Crippen LogP contribution in [0.3, 0.4) is 0 Å². The van der Waals surface area contributed by atoms with Gasteiger partial charge in [0.2, 0.25) is 0 Å². The van der Waals surface area contributed by atoms with Crippen LogP contribution in [0.4, 0.5) is 0 Å². The van der Waals surface area contributed by atoms with Crippen LogP contribution in [0.1, 0.15) is 5.56 Å². The molecule has 2 aromatic rings. The van der Waals surface area contributed by atoms with Gasteiger partial charge in [0.25, 0.3) is 0 Å². The lowest BCUT2D eigenvalue weighted by atomic mass is 10.2. The number of hydrogen-bond donors (Lipinski definition) is 1. The van der Waals surface area contributed by atoms with Gasteiger partial charge in [-0.05, 0) is 6.07 Å². The lowest BCUT2D eigenvalue weighted by Gasteiger charge is -1.88. The molecule has 0 saturated carbocycles. The number of nitrogens with one attached hydrogen (secondary N) is 1. The maximum atomic E-state index is 8.66. The maximum Gasteiger partial charge on any atom is 0.0999 e. The van der Waals surface area contributed by atoms with Gasteiger partial charge < -0.3 is 4.98 Å². The summed E-state index contributed by atoms with van der Waals surface area (Å²) in [4.78, 5) is 6.97. The quantitative estimate of drug-likeness (QED) is 0.606. The van der Waals surface area contributed by atoms with Crippen LogP contribution in [-0.2, 0) is 0 Å². The van der Waals surface area contributed by atoms with E-state index in [1.54, 1.807) is 24.7 Å². The fourth-order valence-electron chi connectivity index (χ4n) is 1.06. The zero-order valence-electron chi connectivity index (χ0n) is 5.70. The van der Waals surface area contributed by atoms with Gasteiger partial charge in [-0.25, -0.2) is 0 Å². The SMILES string of the molecule is N#Cc1ccnc2c[nH]cc12. The van der Waals surface area contributed by atoms with Gasteiger partial charge in [0, 0.05) is 24.0 Å². The topological polar surface area (TPSA) is 52.5 Å². The summed E-state index contributed by atoms with van der Waals surface area (Å²) in [6, 6.07) is 3.80. The van der Waals surface area contributed by atoms with Crippen molar-refractivity contribution < 1.29 is 0 Å². The average Bonchev–Trinajstić information content (AvgIpc) is 2.50. The lowest BCUT2D eigenvalue weighted by molar-refractivity contribution is 1.38. The second-order valence-corrected chi connectivity index (χ2v) is 2.22. The monoisotopic (exact) mass is 143 g/mol. The van der Waals surface area contributed by atoms with Gasteiger partial charge in [0.15, 0.2) is 0 Å². The number of rotatable bonds is 0. The van der Waals surface area contributed by atoms with Gasteiger partial charge in [-0.15, -0.1) is 0 Å². The summed E-state index contributed by atoms with van der Waals surface area (Å²) in [6.45, 7) is 0. The number of hydrogen-bond acceptors (Lipinski definition) is 2. The minimum Gasteiger partial charge on any atom is -0.365 e. The van der Waals surface area contributed by atoms with Crippen LogP contribution in [0.2, 0.25) is 0 Å². The molecule has 11 heavy (non-hydrogen) atoms. The molecule has 0 spiro atoms. The predicted octanol–water partition coefficient (Wildman–Crippen LogP) is 1.43. The van der Waals surface area contributed by atoms with Crippen LogP contribution >= 0.6 is 0 Å². The summed E-state index contributed by atoms with van der Waals surface area (Å²) in [6.07, 6.45) is 5.19. The fraction of sp³-hybridized carbons (Fsp3) is 0. The molecule has 2 aromatic heterocycles. The third-order valence-electron chi connectivity index (χ3n) is 1.59. The zero-order chi connectivity index (χ0) is 7.68. The molecule has 0 aromatic carbocycles. The van der Waals surface area contributed by atoms with E-state index in [0.717, 1.165) is 10.9 Å². The number of nitrogens with zero attached hydrogens (tertiary/aromatic N) is 2. The summed E-state index contributed by atoms with van der Waals surface area (Å²) < 4.78 is 0. The molecule has 2 rings (SSSR count). The molecule has 0 saturated heterocycles. The summed E-state index contributed by atoms with van der Waals surface area (Å²) in [5.41, 5.74) is 1.50. The van der Waals surface area contributed by atoms with Crippen molar-refractivity contribution in [3.63, 3.8) is 0 Å². The highest BCUT2D eigenvalue weighted by atomic mass is 14.7. The molecule has 0 unspecified atom stereocenters. The van der Waals surface area contributed by atoms with Gasteiger partial charge in [0.1, 0.15) is 0 Å². The number of nitriles is 1. The van der Waals surface area contributed by atoms with Crippen molar-refractivity contribution in [1.82, 2.24) is 9.97 Å². The first-order valence-corrected chi connectivity index (χ1v) is 3.23. The summed E-state index contributed by atoms with van der Waals surface area (Å²) >= 11 is 0. The Morgan fingerprint density at radius 3 is 3.18 bits per heavy atom. The normalized spacial score (nSPS) is 9.73. The van der Waals surface area contributed by atoms with Gasteiger partial charge in [-0.3, -0.25) is 4.98 Å². The second kappa shape index (κ2) is 2.10. The van der Waals surface area contributed by atoms with Gasteiger partial charge in [0.05, 0.1) is 17.1 Å². The van der Waals surface area contributed by atoms with Crippen molar-refractivity contribution in [2.75, 3.05) is 0 Å². The Labute approximate surface area is 63.3 Å². The van der Waals surface area contributed by atoms with E-state index in [1.165, 1.54) is 0 Å². The third-order valence-corrected chi connectivity index (χ3v) is 1.59. The Bertz CT molecular complexity index is 422. The number of fused-ring (bicyclic) bond motifs is 1. The summed E-state index contributed by atoms with van der Waals surface area (Å²) in [7, 11) is 0. The van der Waals surface area contributed by atoms with Crippen LogP contribution < -0.4 is 0 Å². The fourth-order valence-corrected chi connectivity index (χ4v) is 1.06. The van der Waals surface area contributed by atoms with Crippen LogP contribution in [0.25, 0.3) is 10.9 Å². The molecule has 0 amide bonds. The smallest absolute Gasteiger partial charge is 0.0999 e. The summed E-state index contributed by atoms with van der Waals surface area (Å²) in [5, 5.41) is 9.55. The first kappa shape index (κ1) is 5.93. The number of pyridine rings is 1. The largest absolute Gasteiger partial charge is 0.365 e. The van der Waals surface area contributed by atoms with Crippen LogP contribution in [0.15, 0.2) is 24.7 Å². The molecule has 1 N–H and O–H groups in total. The molecule has 0 radical (unpaired) electrons. The van der Waals surface area contributed by atoms with Crippen LogP contribution in [0, 0.1) is 11.3 Å². The minimum absolute atomic E-state index is 0.663.